The van der Waals surface area contributed by atoms with Gasteiger partial charge in [0.25, 0.3) is 0 Å². The van der Waals surface area contributed by atoms with Crippen LogP contribution in [-0.2, 0) is 14.8 Å². The average Bonchev–Trinajstić information content (AvgIpc) is 3.05. The van der Waals surface area contributed by atoms with Gasteiger partial charge in [0.1, 0.15) is 4.90 Å². The number of likely N-dealkylation sites (tertiary alicyclic amines) is 1. The summed E-state index contributed by atoms with van der Waals surface area (Å²) in [7, 11) is -2.36. The molecule has 1 amide bonds. The van der Waals surface area contributed by atoms with E-state index in [9.17, 15) is 13.2 Å². The summed E-state index contributed by atoms with van der Waals surface area (Å²) in [6, 6.07) is 12.7. The zero-order valence-electron chi connectivity index (χ0n) is 15.3. The number of benzene rings is 1. The van der Waals surface area contributed by atoms with Crippen LogP contribution in [0.3, 0.4) is 0 Å². The van der Waals surface area contributed by atoms with Crippen LogP contribution in [0.5, 0.6) is 0 Å². The average molecular weight is 447 g/mol. The first kappa shape index (κ1) is 24.3. The van der Waals surface area contributed by atoms with E-state index >= 15 is 0 Å². The molecule has 2 aromatic rings. The van der Waals surface area contributed by atoms with E-state index in [1.807, 2.05) is 30.3 Å². The number of pyridine rings is 1. The molecular formula is C18H24Cl2N4O3S. The van der Waals surface area contributed by atoms with Crippen LogP contribution in [0.1, 0.15) is 11.5 Å². The summed E-state index contributed by atoms with van der Waals surface area (Å²) in [5.74, 6) is -0.200. The fraction of sp³-hybridized carbons (Fsp3) is 0.333. The van der Waals surface area contributed by atoms with E-state index in [-0.39, 0.29) is 54.1 Å². The Morgan fingerprint density at radius 3 is 2.46 bits per heavy atom. The van der Waals surface area contributed by atoms with Gasteiger partial charge in [0.2, 0.25) is 15.9 Å². The minimum Gasteiger partial charge on any atom is -0.339 e. The number of carbonyl (C=O) groups is 1. The second-order valence-electron chi connectivity index (χ2n) is 6.43. The molecule has 1 aliphatic heterocycles. The highest BCUT2D eigenvalue weighted by atomic mass is 35.5. The number of likely N-dealkylation sites (N-methyl/N-ethyl adjacent to an activating group) is 1. The van der Waals surface area contributed by atoms with Gasteiger partial charge in [0.05, 0.1) is 6.54 Å². The van der Waals surface area contributed by atoms with Gasteiger partial charge in [0.15, 0.2) is 0 Å². The van der Waals surface area contributed by atoms with Crippen LogP contribution in [-0.4, -0.2) is 61.2 Å². The molecule has 1 aromatic carbocycles. The Morgan fingerprint density at radius 2 is 1.86 bits per heavy atom. The van der Waals surface area contributed by atoms with Crippen molar-refractivity contribution in [2.75, 3.05) is 26.7 Å². The third-order valence-corrected chi connectivity index (χ3v) is 6.43. The number of nitrogens with zero attached hydrogens (tertiary/aromatic N) is 3. The summed E-state index contributed by atoms with van der Waals surface area (Å²) >= 11 is 0. The summed E-state index contributed by atoms with van der Waals surface area (Å²) in [5.41, 5.74) is 7.30. The zero-order valence-corrected chi connectivity index (χ0v) is 17.8. The number of carbonyl (C=O) groups excluding carboxylic acids is 1. The summed E-state index contributed by atoms with van der Waals surface area (Å²) in [4.78, 5) is 18.1. The second kappa shape index (κ2) is 10.2. The molecule has 10 heteroatoms. The predicted molar refractivity (Wildman–Crippen MR) is 112 cm³/mol. The number of rotatable bonds is 5. The third kappa shape index (κ3) is 5.21. The Morgan fingerprint density at radius 1 is 1.18 bits per heavy atom. The van der Waals surface area contributed by atoms with Gasteiger partial charge in [-0.3, -0.25) is 9.78 Å². The Labute approximate surface area is 177 Å². The standard InChI is InChI=1S/C18H22N4O3S.2ClH/c1-21(26(24,25)15-8-5-9-20-10-15)13-18(23)22-11-16(17(19)12-22)14-6-3-2-4-7-14;;/h2-10,16-17H,11-13,19H2,1H3;2*1H/t16-,17+;;/m0../s1. The van der Waals surface area contributed by atoms with Crippen LogP contribution in [0.25, 0.3) is 0 Å². The molecule has 0 bridgehead atoms. The van der Waals surface area contributed by atoms with Gasteiger partial charge < -0.3 is 10.6 Å². The number of hydrogen-bond acceptors (Lipinski definition) is 5. The van der Waals surface area contributed by atoms with Gasteiger partial charge in [-0.25, -0.2) is 8.42 Å². The molecule has 0 aliphatic carbocycles. The highest BCUT2D eigenvalue weighted by molar-refractivity contribution is 7.89. The minimum absolute atomic E-state index is 0. The van der Waals surface area contributed by atoms with Crippen molar-refractivity contribution in [2.24, 2.45) is 5.73 Å². The van der Waals surface area contributed by atoms with E-state index in [4.69, 9.17) is 5.73 Å². The first-order valence-electron chi connectivity index (χ1n) is 8.34. The van der Waals surface area contributed by atoms with Crippen molar-refractivity contribution in [3.05, 3.63) is 60.4 Å². The summed E-state index contributed by atoms with van der Waals surface area (Å²) in [6.45, 7) is 0.676. The fourth-order valence-electron chi connectivity index (χ4n) is 3.14. The fourth-order valence-corrected chi connectivity index (χ4v) is 4.23. The molecule has 1 fully saturated rings. The number of nitrogens with two attached hydrogens (primary N) is 1. The molecule has 154 valence electrons. The van der Waals surface area contributed by atoms with Crippen LogP contribution in [0.4, 0.5) is 0 Å². The molecule has 1 saturated heterocycles. The third-order valence-electron chi connectivity index (χ3n) is 4.65. The van der Waals surface area contributed by atoms with Crippen molar-refractivity contribution in [3.63, 3.8) is 0 Å². The summed E-state index contributed by atoms with van der Waals surface area (Å²) in [5, 5.41) is 0. The summed E-state index contributed by atoms with van der Waals surface area (Å²) in [6.07, 6.45) is 2.77. The quantitative estimate of drug-likeness (QED) is 0.750. The van der Waals surface area contributed by atoms with Crippen LogP contribution in [0.15, 0.2) is 59.8 Å². The van der Waals surface area contributed by atoms with Gasteiger partial charge in [-0.05, 0) is 17.7 Å². The van der Waals surface area contributed by atoms with Crippen molar-refractivity contribution in [1.82, 2.24) is 14.2 Å². The van der Waals surface area contributed by atoms with Gasteiger partial charge >= 0.3 is 0 Å². The van der Waals surface area contributed by atoms with E-state index < -0.39 is 10.0 Å². The molecule has 3 rings (SSSR count). The van der Waals surface area contributed by atoms with Crippen molar-refractivity contribution in [1.29, 1.82) is 0 Å². The lowest BCUT2D eigenvalue weighted by atomic mass is 9.95. The van der Waals surface area contributed by atoms with E-state index in [2.05, 4.69) is 4.98 Å². The van der Waals surface area contributed by atoms with Gasteiger partial charge in [0, 0.05) is 44.5 Å². The Kier molecular flexibility index (Phi) is 8.84. The molecule has 2 N–H and O–H groups in total. The van der Waals surface area contributed by atoms with E-state index in [0.717, 1.165) is 9.87 Å². The molecule has 0 saturated carbocycles. The molecule has 0 radical (unpaired) electrons. The predicted octanol–water partition coefficient (Wildman–Crippen LogP) is 1.50. The number of sulfonamides is 1. The van der Waals surface area contributed by atoms with Gasteiger partial charge in [-0.15, -0.1) is 24.8 Å². The van der Waals surface area contributed by atoms with Crippen LogP contribution in [0.2, 0.25) is 0 Å². The smallest absolute Gasteiger partial charge is 0.244 e. The normalized spacial score (nSPS) is 19.0. The van der Waals surface area contributed by atoms with Crippen molar-refractivity contribution < 1.29 is 13.2 Å². The van der Waals surface area contributed by atoms with Crippen LogP contribution in [0, 0.1) is 0 Å². The largest absolute Gasteiger partial charge is 0.339 e. The molecule has 1 aromatic heterocycles. The number of hydrogen-bond donors (Lipinski definition) is 1. The molecule has 1 aliphatic rings. The van der Waals surface area contributed by atoms with E-state index in [1.54, 1.807) is 11.0 Å². The lowest BCUT2D eigenvalue weighted by Gasteiger charge is -2.21. The van der Waals surface area contributed by atoms with Gasteiger partial charge in [-0.1, -0.05) is 30.3 Å². The van der Waals surface area contributed by atoms with Crippen molar-refractivity contribution >= 4 is 40.7 Å². The lowest BCUT2D eigenvalue weighted by molar-refractivity contribution is -0.130. The maximum Gasteiger partial charge on any atom is 0.244 e. The Bertz CT molecular complexity index is 869. The molecular weight excluding hydrogens is 423 g/mol. The maximum atomic E-state index is 12.6. The Balaban J connectivity index is 0.00000196. The number of halogens is 2. The SMILES string of the molecule is CN(CC(=O)N1C[C@@H](N)[C@H](c2ccccc2)C1)S(=O)(=O)c1cccnc1.Cl.Cl. The monoisotopic (exact) mass is 446 g/mol. The molecule has 2 atom stereocenters. The van der Waals surface area contributed by atoms with E-state index in [0.29, 0.717) is 13.1 Å². The molecule has 2 heterocycles. The molecule has 28 heavy (non-hydrogen) atoms. The highest BCUT2D eigenvalue weighted by Crippen LogP contribution is 2.26. The first-order chi connectivity index (χ1) is 12.4. The first-order valence-corrected chi connectivity index (χ1v) is 9.78. The van der Waals surface area contributed by atoms with Crippen molar-refractivity contribution in [2.45, 2.75) is 16.9 Å². The van der Waals surface area contributed by atoms with Crippen LogP contribution < -0.4 is 5.73 Å². The lowest BCUT2D eigenvalue weighted by Crippen LogP contribution is -2.41. The van der Waals surface area contributed by atoms with Crippen molar-refractivity contribution in [3.8, 4) is 0 Å². The second-order valence-corrected chi connectivity index (χ2v) is 8.47. The van der Waals surface area contributed by atoms with Gasteiger partial charge in [-0.2, -0.15) is 4.31 Å². The highest BCUT2D eigenvalue weighted by Gasteiger charge is 2.35. The Hall–Kier alpha value is -1.71. The number of aromatic nitrogens is 1. The summed E-state index contributed by atoms with van der Waals surface area (Å²) < 4.78 is 26.1. The van der Waals surface area contributed by atoms with E-state index in [1.165, 1.54) is 25.5 Å². The van der Waals surface area contributed by atoms with Crippen LogP contribution >= 0.6 is 24.8 Å². The number of amides is 1. The zero-order chi connectivity index (χ0) is 18.7. The maximum absolute atomic E-state index is 12.6. The minimum atomic E-state index is -3.75. The molecule has 0 spiro atoms. The molecule has 0 unspecified atom stereocenters. The topological polar surface area (TPSA) is 96.6 Å². The molecule has 7 nitrogen and oxygen atoms in total.